The van der Waals surface area contributed by atoms with Crippen molar-refractivity contribution in [2.75, 3.05) is 0 Å². The second-order valence-electron chi connectivity index (χ2n) is 2.94. The number of rotatable bonds is 2. The normalized spacial score (nSPS) is 9.53. The van der Waals surface area contributed by atoms with E-state index in [1.807, 2.05) is 6.07 Å². The van der Waals surface area contributed by atoms with Crippen molar-refractivity contribution in [2.45, 2.75) is 0 Å². The number of carbonyl (C=O) groups is 1. The van der Waals surface area contributed by atoms with E-state index >= 15 is 0 Å². The molecule has 2 aromatic rings. The topological polar surface area (TPSA) is 58.7 Å². The Hall–Kier alpha value is -2.41. The SMILES string of the molecule is N#Cc1ccc(-n2nccc2C=O)cc1. The van der Waals surface area contributed by atoms with E-state index in [0.717, 1.165) is 12.0 Å². The van der Waals surface area contributed by atoms with Gasteiger partial charge in [0.2, 0.25) is 0 Å². The standard InChI is InChI=1S/C11H7N3O/c12-7-9-1-3-10(4-2-9)14-11(8-15)5-6-13-14/h1-6,8H. The molecule has 0 aliphatic carbocycles. The number of carbonyl (C=O) groups excluding carboxylic acids is 1. The van der Waals surface area contributed by atoms with Gasteiger partial charge in [0.25, 0.3) is 0 Å². The zero-order valence-electron chi connectivity index (χ0n) is 7.79. The number of aromatic nitrogens is 2. The van der Waals surface area contributed by atoms with Crippen molar-refractivity contribution in [3.63, 3.8) is 0 Å². The maximum absolute atomic E-state index is 10.7. The minimum absolute atomic E-state index is 0.486. The lowest BCUT2D eigenvalue weighted by molar-refractivity contribution is 0.111. The van der Waals surface area contributed by atoms with E-state index in [2.05, 4.69) is 5.10 Å². The van der Waals surface area contributed by atoms with E-state index in [4.69, 9.17) is 5.26 Å². The summed E-state index contributed by atoms with van der Waals surface area (Å²) in [4.78, 5) is 10.7. The number of nitriles is 1. The average Bonchev–Trinajstić information content (AvgIpc) is 2.77. The van der Waals surface area contributed by atoms with Gasteiger partial charge >= 0.3 is 0 Å². The fourth-order valence-electron chi connectivity index (χ4n) is 1.30. The maximum atomic E-state index is 10.7. The highest BCUT2D eigenvalue weighted by molar-refractivity contribution is 5.73. The Bertz CT molecular complexity index is 520. The lowest BCUT2D eigenvalue weighted by Crippen LogP contribution is -2.00. The Kier molecular flexibility index (Phi) is 2.30. The van der Waals surface area contributed by atoms with Gasteiger partial charge in [0.1, 0.15) is 5.69 Å². The third-order valence-corrected chi connectivity index (χ3v) is 2.03. The van der Waals surface area contributed by atoms with E-state index in [0.29, 0.717) is 11.3 Å². The Morgan fingerprint density at radius 2 is 2.00 bits per heavy atom. The Balaban J connectivity index is 2.46. The van der Waals surface area contributed by atoms with E-state index in [1.165, 1.54) is 4.68 Å². The maximum Gasteiger partial charge on any atom is 0.168 e. The van der Waals surface area contributed by atoms with Gasteiger partial charge in [0.05, 0.1) is 23.5 Å². The van der Waals surface area contributed by atoms with Crippen LogP contribution in [0.3, 0.4) is 0 Å². The van der Waals surface area contributed by atoms with E-state index in [-0.39, 0.29) is 0 Å². The van der Waals surface area contributed by atoms with Crippen LogP contribution in [0.2, 0.25) is 0 Å². The first-order valence-corrected chi connectivity index (χ1v) is 4.35. The van der Waals surface area contributed by atoms with Crippen LogP contribution in [0.1, 0.15) is 16.1 Å². The molecule has 0 spiro atoms. The molecule has 0 saturated carbocycles. The van der Waals surface area contributed by atoms with Crippen LogP contribution < -0.4 is 0 Å². The fourth-order valence-corrected chi connectivity index (χ4v) is 1.30. The van der Waals surface area contributed by atoms with E-state index in [9.17, 15) is 4.79 Å². The Labute approximate surface area is 86.4 Å². The molecule has 0 fully saturated rings. The summed E-state index contributed by atoms with van der Waals surface area (Å²) in [5.41, 5.74) is 1.83. The van der Waals surface area contributed by atoms with Crippen LogP contribution in [0.4, 0.5) is 0 Å². The van der Waals surface area contributed by atoms with Crippen LogP contribution in [0.5, 0.6) is 0 Å². The quantitative estimate of drug-likeness (QED) is 0.686. The molecule has 0 bridgehead atoms. The van der Waals surface area contributed by atoms with E-state index < -0.39 is 0 Å². The fraction of sp³-hybridized carbons (Fsp3) is 0. The third kappa shape index (κ3) is 1.63. The highest BCUT2D eigenvalue weighted by atomic mass is 16.1. The lowest BCUT2D eigenvalue weighted by Gasteiger charge is -2.02. The highest BCUT2D eigenvalue weighted by Crippen LogP contribution is 2.10. The number of nitrogens with zero attached hydrogens (tertiary/aromatic N) is 3. The molecule has 0 unspecified atom stereocenters. The zero-order chi connectivity index (χ0) is 10.7. The van der Waals surface area contributed by atoms with Crippen molar-refractivity contribution in [1.82, 2.24) is 9.78 Å². The largest absolute Gasteiger partial charge is 0.296 e. The first-order chi connectivity index (χ1) is 7.35. The molecule has 72 valence electrons. The molecular weight excluding hydrogens is 190 g/mol. The summed E-state index contributed by atoms with van der Waals surface area (Å²) in [6.07, 6.45) is 2.30. The van der Waals surface area contributed by atoms with Gasteiger partial charge < -0.3 is 0 Å². The second kappa shape index (κ2) is 3.76. The molecule has 15 heavy (non-hydrogen) atoms. The van der Waals surface area contributed by atoms with Gasteiger partial charge in [-0.15, -0.1) is 0 Å². The molecule has 1 aromatic carbocycles. The number of benzene rings is 1. The molecular formula is C11H7N3O. The summed E-state index contributed by atoms with van der Waals surface area (Å²) in [5, 5.41) is 12.6. The summed E-state index contributed by atoms with van der Waals surface area (Å²) in [6.45, 7) is 0. The van der Waals surface area contributed by atoms with Crippen molar-refractivity contribution in [1.29, 1.82) is 5.26 Å². The predicted octanol–water partition coefficient (Wildman–Crippen LogP) is 1.56. The molecule has 2 rings (SSSR count). The average molecular weight is 197 g/mol. The van der Waals surface area contributed by atoms with Gasteiger partial charge in [-0.25, -0.2) is 4.68 Å². The van der Waals surface area contributed by atoms with Gasteiger partial charge in [-0.2, -0.15) is 10.4 Å². The van der Waals surface area contributed by atoms with Gasteiger partial charge in [0.15, 0.2) is 6.29 Å². The van der Waals surface area contributed by atoms with Crippen molar-refractivity contribution in [3.8, 4) is 11.8 Å². The molecule has 0 aliphatic rings. The van der Waals surface area contributed by atoms with Gasteiger partial charge in [-0.3, -0.25) is 4.79 Å². The van der Waals surface area contributed by atoms with Gasteiger partial charge in [-0.1, -0.05) is 0 Å². The predicted molar refractivity (Wildman–Crippen MR) is 53.7 cm³/mol. The minimum atomic E-state index is 0.486. The second-order valence-corrected chi connectivity index (χ2v) is 2.94. The monoisotopic (exact) mass is 197 g/mol. The van der Waals surface area contributed by atoms with Crippen LogP contribution in [0.15, 0.2) is 36.5 Å². The molecule has 1 aromatic heterocycles. The molecule has 0 atom stereocenters. The summed E-state index contributed by atoms with van der Waals surface area (Å²) in [6, 6.07) is 10.5. The molecule has 0 saturated heterocycles. The van der Waals surface area contributed by atoms with Crippen molar-refractivity contribution in [2.24, 2.45) is 0 Å². The summed E-state index contributed by atoms with van der Waals surface area (Å²) < 4.78 is 1.52. The number of aldehydes is 1. The van der Waals surface area contributed by atoms with Crippen molar-refractivity contribution in [3.05, 3.63) is 47.8 Å². The number of hydrogen-bond donors (Lipinski definition) is 0. The van der Waals surface area contributed by atoms with Crippen molar-refractivity contribution < 1.29 is 4.79 Å². The molecule has 1 heterocycles. The Morgan fingerprint density at radius 3 is 2.60 bits per heavy atom. The number of hydrogen-bond acceptors (Lipinski definition) is 3. The van der Waals surface area contributed by atoms with Crippen LogP contribution in [-0.2, 0) is 0 Å². The molecule has 0 aliphatic heterocycles. The van der Waals surface area contributed by atoms with Crippen LogP contribution >= 0.6 is 0 Å². The van der Waals surface area contributed by atoms with Crippen LogP contribution in [-0.4, -0.2) is 16.1 Å². The molecule has 0 radical (unpaired) electrons. The molecule has 0 N–H and O–H groups in total. The first-order valence-electron chi connectivity index (χ1n) is 4.35. The van der Waals surface area contributed by atoms with Crippen LogP contribution in [0.25, 0.3) is 5.69 Å². The highest BCUT2D eigenvalue weighted by Gasteiger charge is 2.02. The smallest absolute Gasteiger partial charge is 0.168 e. The van der Waals surface area contributed by atoms with Gasteiger partial charge in [-0.05, 0) is 30.3 Å². The zero-order valence-corrected chi connectivity index (χ0v) is 7.79. The van der Waals surface area contributed by atoms with E-state index in [1.54, 1.807) is 36.5 Å². The van der Waals surface area contributed by atoms with Gasteiger partial charge in [0, 0.05) is 0 Å². The van der Waals surface area contributed by atoms with Crippen LogP contribution in [0, 0.1) is 11.3 Å². The Morgan fingerprint density at radius 1 is 1.27 bits per heavy atom. The lowest BCUT2D eigenvalue weighted by atomic mass is 10.2. The summed E-state index contributed by atoms with van der Waals surface area (Å²) in [5.74, 6) is 0. The summed E-state index contributed by atoms with van der Waals surface area (Å²) >= 11 is 0. The first kappa shape index (κ1) is 9.16. The molecule has 4 heteroatoms. The minimum Gasteiger partial charge on any atom is -0.296 e. The molecule has 0 amide bonds. The third-order valence-electron chi connectivity index (χ3n) is 2.03. The summed E-state index contributed by atoms with van der Waals surface area (Å²) in [7, 11) is 0. The van der Waals surface area contributed by atoms with Crippen molar-refractivity contribution >= 4 is 6.29 Å². The molecule has 4 nitrogen and oxygen atoms in total.